The second-order valence-corrected chi connectivity index (χ2v) is 6.42. The summed E-state index contributed by atoms with van der Waals surface area (Å²) < 4.78 is 26.4. The zero-order valence-electron chi connectivity index (χ0n) is 11.9. The number of rotatable bonds is 7. The average Bonchev–Trinajstić information content (AvgIpc) is 2.44. The molecule has 2 atom stereocenters. The number of nitrogens with one attached hydrogen (secondary N) is 2. The van der Waals surface area contributed by atoms with Gasteiger partial charge in [-0.15, -0.1) is 0 Å². The molecule has 0 radical (unpaired) electrons. The monoisotopic (exact) mass is 316 g/mol. The normalized spacial score (nSPS) is 14.5. The lowest BCUT2D eigenvalue weighted by Crippen LogP contribution is -2.51. The highest BCUT2D eigenvalue weighted by atomic mass is 32.2. The molecule has 1 aromatic carbocycles. The molecule has 1 amide bonds. The SMILES string of the molecule is CCCc1ccc(S(=O)(=O)N[C@H](C(=O)NO)[C@@H](C)O)cc1. The summed E-state index contributed by atoms with van der Waals surface area (Å²) in [5.41, 5.74) is 2.33. The molecule has 8 heteroatoms. The van der Waals surface area contributed by atoms with Gasteiger partial charge in [-0.3, -0.25) is 10.0 Å². The maximum Gasteiger partial charge on any atom is 0.264 e. The number of amides is 1. The van der Waals surface area contributed by atoms with E-state index in [4.69, 9.17) is 5.21 Å². The zero-order valence-corrected chi connectivity index (χ0v) is 12.7. The summed E-state index contributed by atoms with van der Waals surface area (Å²) in [7, 11) is -3.97. The molecule has 0 aromatic heterocycles. The molecule has 1 aromatic rings. The first kappa shape index (κ1) is 17.6. The third kappa shape index (κ3) is 4.78. The lowest BCUT2D eigenvalue weighted by atomic mass is 10.1. The molecule has 4 N–H and O–H groups in total. The van der Waals surface area contributed by atoms with Gasteiger partial charge in [0, 0.05) is 0 Å². The van der Waals surface area contributed by atoms with Crippen LogP contribution >= 0.6 is 0 Å². The topological polar surface area (TPSA) is 116 Å². The lowest BCUT2D eigenvalue weighted by molar-refractivity contribution is -0.133. The van der Waals surface area contributed by atoms with Gasteiger partial charge >= 0.3 is 0 Å². The van der Waals surface area contributed by atoms with Crippen LogP contribution in [0.5, 0.6) is 0 Å². The largest absolute Gasteiger partial charge is 0.391 e. The van der Waals surface area contributed by atoms with Crippen LogP contribution in [0, 0.1) is 0 Å². The van der Waals surface area contributed by atoms with Gasteiger partial charge in [0.05, 0.1) is 11.0 Å². The van der Waals surface area contributed by atoms with E-state index >= 15 is 0 Å². The quantitative estimate of drug-likeness (QED) is 0.423. The Hall–Kier alpha value is -1.48. The van der Waals surface area contributed by atoms with E-state index in [9.17, 15) is 18.3 Å². The van der Waals surface area contributed by atoms with E-state index in [2.05, 4.69) is 4.72 Å². The second kappa shape index (κ2) is 7.51. The summed E-state index contributed by atoms with van der Waals surface area (Å²) in [4.78, 5) is 11.3. The van der Waals surface area contributed by atoms with Crippen molar-refractivity contribution in [2.24, 2.45) is 0 Å². The smallest absolute Gasteiger partial charge is 0.264 e. The van der Waals surface area contributed by atoms with Gasteiger partial charge in [0.1, 0.15) is 6.04 Å². The van der Waals surface area contributed by atoms with Gasteiger partial charge < -0.3 is 5.11 Å². The minimum absolute atomic E-state index is 0.0151. The molecule has 0 fully saturated rings. The number of carbonyl (C=O) groups is 1. The highest BCUT2D eigenvalue weighted by Crippen LogP contribution is 2.13. The fourth-order valence-electron chi connectivity index (χ4n) is 1.80. The summed E-state index contributed by atoms with van der Waals surface area (Å²) in [5.74, 6) is -1.03. The molecule has 0 aliphatic heterocycles. The Bertz CT molecular complexity index is 569. The Morgan fingerprint density at radius 1 is 1.29 bits per heavy atom. The van der Waals surface area contributed by atoms with Crippen LogP contribution in [0.4, 0.5) is 0 Å². The van der Waals surface area contributed by atoms with Crippen LogP contribution < -0.4 is 10.2 Å². The third-order valence-electron chi connectivity index (χ3n) is 2.93. The van der Waals surface area contributed by atoms with Crippen molar-refractivity contribution >= 4 is 15.9 Å². The number of aliphatic hydroxyl groups is 1. The number of sulfonamides is 1. The van der Waals surface area contributed by atoms with Gasteiger partial charge in [0.25, 0.3) is 5.91 Å². The molecule has 21 heavy (non-hydrogen) atoms. The Morgan fingerprint density at radius 3 is 2.29 bits per heavy atom. The average molecular weight is 316 g/mol. The van der Waals surface area contributed by atoms with Crippen molar-refractivity contribution in [3.05, 3.63) is 29.8 Å². The Labute approximate surface area is 124 Å². The van der Waals surface area contributed by atoms with Gasteiger partial charge in [-0.2, -0.15) is 4.72 Å². The Kier molecular flexibility index (Phi) is 6.28. The van der Waals surface area contributed by atoms with Crippen molar-refractivity contribution in [2.45, 2.75) is 43.7 Å². The molecule has 118 valence electrons. The van der Waals surface area contributed by atoms with E-state index in [-0.39, 0.29) is 4.90 Å². The predicted octanol–water partition coefficient (Wildman–Crippen LogP) is 0.172. The molecule has 0 bridgehead atoms. The van der Waals surface area contributed by atoms with Crippen molar-refractivity contribution in [3.63, 3.8) is 0 Å². The maximum absolute atomic E-state index is 12.2. The van der Waals surface area contributed by atoms with Crippen LogP contribution in [-0.2, 0) is 21.2 Å². The van der Waals surface area contributed by atoms with E-state index in [1.165, 1.54) is 24.5 Å². The van der Waals surface area contributed by atoms with Gasteiger partial charge in [-0.25, -0.2) is 13.9 Å². The molecule has 0 spiro atoms. The molecule has 1 rings (SSSR count). The molecule has 0 heterocycles. The standard InChI is InChI=1S/C13H20N2O5S/c1-3-4-10-5-7-11(8-6-10)21(19,20)15-12(9(2)16)13(17)14-18/h5-9,12,15-16,18H,3-4H2,1-2H3,(H,14,17)/t9-,12+/m1/s1. The first-order valence-electron chi connectivity index (χ1n) is 6.55. The van der Waals surface area contributed by atoms with Gasteiger partial charge in [0.2, 0.25) is 10.0 Å². The van der Waals surface area contributed by atoms with Crippen LogP contribution in [0.25, 0.3) is 0 Å². The van der Waals surface area contributed by atoms with Crippen molar-refractivity contribution in [2.75, 3.05) is 0 Å². The minimum atomic E-state index is -3.97. The van der Waals surface area contributed by atoms with Crippen molar-refractivity contribution in [3.8, 4) is 0 Å². The van der Waals surface area contributed by atoms with E-state index in [1.54, 1.807) is 12.1 Å². The fraction of sp³-hybridized carbons (Fsp3) is 0.462. The van der Waals surface area contributed by atoms with E-state index in [1.807, 2.05) is 6.92 Å². The van der Waals surface area contributed by atoms with E-state index in [0.29, 0.717) is 0 Å². The predicted molar refractivity (Wildman–Crippen MR) is 76.2 cm³/mol. The van der Waals surface area contributed by atoms with Gasteiger partial charge in [-0.1, -0.05) is 25.5 Å². The number of hydroxylamine groups is 1. The molecular weight excluding hydrogens is 296 g/mol. The van der Waals surface area contributed by atoms with Crippen molar-refractivity contribution < 1.29 is 23.5 Å². The zero-order chi connectivity index (χ0) is 16.0. The van der Waals surface area contributed by atoms with Crippen LogP contribution in [-0.4, -0.2) is 36.8 Å². The number of benzene rings is 1. The van der Waals surface area contributed by atoms with Crippen molar-refractivity contribution in [1.29, 1.82) is 0 Å². The van der Waals surface area contributed by atoms with Crippen LogP contribution in [0.1, 0.15) is 25.8 Å². The maximum atomic E-state index is 12.2. The summed E-state index contributed by atoms with van der Waals surface area (Å²) in [5, 5.41) is 18.0. The highest BCUT2D eigenvalue weighted by Gasteiger charge is 2.29. The molecule has 0 saturated heterocycles. The molecular formula is C13H20N2O5S. The summed E-state index contributed by atoms with van der Waals surface area (Å²) >= 11 is 0. The molecule has 0 aliphatic carbocycles. The summed E-state index contributed by atoms with van der Waals surface area (Å²) in [6, 6.07) is 4.78. The van der Waals surface area contributed by atoms with Crippen LogP contribution in [0.3, 0.4) is 0 Å². The van der Waals surface area contributed by atoms with E-state index < -0.39 is 28.1 Å². The van der Waals surface area contributed by atoms with Gasteiger partial charge in [0.15, 0.2) is 0 Å². The second-order valence-electron chi connectivity index (χ2n) is 4.71. The number of hydrogen-bond donors (Lipinski definition) is 4. The number of aliphatic hydroxyl groups excluding tert-OH is 1. The van der Waals surface area contributed by atoms with E-state index in [0.717, 1.165) is 18.4 Å². The first-order valence-corrected chi connectivity index (χ1v) is 8.03. The summed E-state index contributed by atoms with van der Waals surface area (Å²) in [6.07, 6.45) is 0.494. The fourth-order valence-corrected chi connectivity index (χ4v) is 3.07. The third-order valence-corrected chi connectivity index (χ3v) is 4.39. The van der Waals surface area contributed by atoms with Crippen molar-refractivity contribution in [1.82, 2.24) is 10.2 Å². The number of carbonyl (C=O) groups excluding carboxylic acids is 1. The van der Waals surface area contributed by atoms with Gasteiger partial charge in [-0.05, 0) is 31.0 Å². The highest BCUT2D eigenvalue weighted by molar-refractivity contribution is 7.89. The summed E-state index contributed by atoms with van der Waals surface area (Å²) in [6.45, 7) is 3.26. The first-order chi connectivity index (χ1) is 9.81. The molecule has 7 nitrogen and oxygen atoms in total. The molecule has 0 saturated carbocycles. The molecule has 0 aliphatic rings. The minimum Gasteiger partial charge on any atom is -0.391 e. The number of aryl methyl sites for hydroxylation is 1. The van der Waals surface area contributed by atoms with Crippen LogP contribution in [0.2, 0.25) is 0 Å². The number of hydrogen-bond acceptors (Lipinski definition) is 5. The lowest BCUT2D eigenvalue weighted by Gasteiger charge is -2.19. The van der Waals surface area contributed by atoms with Crippen LogP contribution in [0.15, 0.2) is 29.2 Å². The Balaban J connectivity index is 2.96. The Morgan fingerprint density at radius 2 is 1.86 bits per heavy atom. The molecule has 0 unspecified atom stereocenters.